The molecule has 0 aliphatic heterocycles. The van der Waals surface area contributed by atoms with Crippen molar-refractivity contribution in [1.82, 2.24) is 0 Å². The van der Waals surface area contributed by atoms with E-state index in [-0.39, 0.29) is 0 Å². The molecule has 1 nitrogen and oxygen atoms in total. The molecular formula is C12H13N. The fourth-order valence-electron chi connectivity index (χ4n) is 1.68. The number of hydrogen-bond donors (Lipinski definition) is 1. The first kappa shape index (κ1) is 8.27. The summed E-state index contributed by atoms with van der Waals surface area (Å²) in [7, 11) is 0. The summed E-state index contributed by atoms with van der Waals surface area (Å²) in [6, 6.07) is 0. The van der Waals surface area contributed by atoms with Crippen LogP contribution in [-0.2, 0) is 0 Å². The Bertz CT molecular complexity index is 340. The van der Waals surface area contributed by atoms with Gasteiger partial charge >= 0.3 is 0 Å². The Morgan fingerprint density at radius 2 is 1.85 bits per heavy atom. The fourth-order valence-corrected chi connectivity index (χ4v) is 1.68. The first-order chi connectivity index (χ1) is 6.42. The summed E-state index contributed by atoms with van der Waals surface area (Å²) in [6.07, 6.45) is 16.9. The molecule has 1 heteroatoms. The smallest absolute Gasteiger partial charge is 0.0208 e. The van der Waals surface area contributed by atoms with Gasteiger partial charge in [0.1, 0.15) is 0 Å². The van der Waals surface area contributed by atoms with Gasteiger partial charge in [-0.3, -0.25) is 0 Å². The zero-order valence-electron chi connectivity index (χ0n) is 7.48. The monoisotopic (exact) mass is 171 g/mol. The van der Waals surface area contributed by atoms with Crippen LogP contribution in [0.1, 0.15) is 0 Å². The Hall–Kier alpha value is -1.34. The molecule has 1 atom stereocenters. The highest BCUT2D eigenvalue weighted by atomic mass is 14.5. The Morgan fingerprint density at radius 1 is 1.00 bits per heavy atom. The minimum atomic E-state index is 0.415. The van der Waals surface area contributed by atoms with Crippen LogP contribution < -0.4 is 5.73 Å². The first-order valence-corrected chi connectivity index (χ1v) is 4.54. The maximum atomic E-state index is 5.67. The average Bonchev–Trinajstić information content (AvgIpc) is 2.41. The van der Waals surface area contributed by atoms with Gasteiger partial charge in [-0.05, 0) is 11.1 Å². The number of nitrogens with two attached hydrogens (primary N) is 1. The predicted molar refractivity (Wildman–Crippen MR) is 56.1 cm³/mol. The van der Waals surface area contributed by atoms with Crippen LogP contribution >= 0.6 is 0 Å². The molecule has 2 aliphatic carbocycles. The quantitative estimate of drug-likeness (QED) is 0.642. The number of fused-ring (bicyclic) bond motifs is 1. The van der Waals surface area contributed by atoms with Gasteiger partial charge < -0.3 is 5.73 Å². The molecule has 0 aromatic rings. The lowest BCUT2D eigenvalue weighted by atomic mass is 9.88. The average molecular weight is 171 g/mol. The minimum absolute atomic E-state index is 0.415. The summed E-state index contributed by atoms with van der Waals surface area (Å²) < 4.78 is 0. The molecule has 66 valence electrons. The van der Waals surface area contributed by atoms with Gasteiger partial charge in [-0.2, -0.15) is 0 Å². The van der Waals surface area contributed by atoms with Crippen LogP contribution in [0, 0.1) is 5.92 Å². The third-order valence-corrected chi connectivity index (χ3v) is 2.38. The van der Waals surface area contributed by atoms with Crippen molar-refractivity contribution >= 4 is 0 Å². The van der Waals surface area contributed by atoms with Crippen molar-refractivity contribution in [2.75, 3.05) is 6.54 Å². The van der Waals surface area contributed by atoms with Gasteiger partial charge in [-0.1, -0.05) is 48.6 Å². The summed E-state index contributed by atoms with van der Waals surface area (Å²) in [5.74, 6) is 0.415. The molecule has 0 radical (unpaired) electrons. The van der Waals surface area contributed by atoms with E-state index in [2.05, 4.69) is 42.5 Å². The summed E-state index contributed by atoms with van der Waals surface area (Å²) in [6.45, 7) is 0.619. The molecule has 0 aromatic heterocycles. The van der Waals surface area contributed by atoms with Crippen LogP contribution in [0.2, 0.25) is 0 Å². The van der Waals surface area contributed by atoms with Crippen LogP contribution in [0.3, 0.4) is 0 Å². The predicted octanol–water partition coefficient (Wildman–Crippen LogP) is 2.11. The van der Waals surface area contributed by atoms with Gasteiger partial charge in [0.05, 0.1) is 0 Å². The lowest BCUT2D eigenvalue weighted by Crippen LogP contribution is -2.12. The molecule has 1 unspecified atom stereocenters. The van der Waals surface area contributed by atoms with E-state index < -0.39 is 0 Å². The zero-order valence-corrected chi connectivity index (χ0v) is 7.48. The van der Waals surface area contributed by atoms with E-state index in [9.17, 15) is 0 Å². The van der Waals surface area contributed by atoms with E-state index in [0.29, 0.717) is 12.5 Å². The lowest BCUT2D eigenvalue weighted by Gasteiger charge is -2.18. The third kappa shape index (κ3) is 1.56. The molecule has 0 spiro atoms. The van der Waals surface area contributed by atoms with E-state index in [0.717, 1.165) is 0 Å². The normalized spacial score (nSPS) is 24.8. The molecule has 0 amide bonds. The highest BCUT2D eigenvalue weighted by Gasteiger charge is 2.14. The van der Waals surface area contributed by atoms with Crippen molar-refractivity contribution in [2.45, 2.75) is 0 Å². The van der Waals surface area contributed by atoms with Crippen LogP contribution in [0.15, 0.2) is 59.8 Å². The molecule has 0 saturated carbocycles. The standard InChI is InChI=1S/C12H13N/c13-9-11-7-4-6-10-5-2-1-3-8-12(10)11/h1-8,10H,9,13H2. The van der Waals surface area contributed by atoms with Crippen molar-refractivity contribution in [1.29, 1.82) is 0 Å². The van der Waals surface area contributed by atoms with E-state index in [1.54, 1.807) is 0 Å². The Balaban J connectivity index is 2.40. The lowest BCUT2D eigenvalue weighted by molar-refractivity contribution is 0.939. The molecule has 0 bridgehead atoms. The maximum absolute atomic E-state index is 5.67. The zero-order chi connectivity index (χ0) is 9.10. The third-order valence-electron chi connectivity index (χ3n) is 2.38. The molecule has 0 heterocycles. The van der Waals surface area contributed by atoms with Crippen LogP contribution in [0.25, 0.3) is 0 Å². The molecule has 13 heavy (non-hydrogen) atoms. The Labute approximate surface area is 78.6 Å². The molecule has 0 aromatic carbocycles. The largest absolute Gasteiger partial charge is 0.326 e. The molecule has 0 fully saturated rings. The Morgan fingerprint density at radius 3 is 2.69 bits per heavy atom. The van der Waals surface area contributed by atoms with E-state index in [1.807, 2.05) is 6.08 Å². The minimum Gasteiger partial charge on any atom is -0.326 e. The highest BCUT2D eigenvalue weighted by molar-refractivity contribution is 5.47. The van der Waals surface area contributed by atoms with E-state index in [1.165, 1.54) is 11.1 Å². The topological polar surface area (TPSA) is 26.0 Å². The van der Waals surface area contributed by atoms with Crippen LogP contribution in [-0.4, -0.2) is 6.54 Å². The molecule has 2 aliphatic rings. The fraction of sp³-hybridized carbons (Fsp3) is 0.167. The molecule has 0 saturated heterocycles. The summed E-state index contributed by atoms with van der Waals surface area (Å²) in [5, 5.41) is 0. The van der Waals surface area contributed by atoms with Crippen molar-refractivity contribution in [3.8, 4) is 0 Å². The SMILES string of the molecule is NCC1=CC=CC2C=CC=CC=C12. The number of allylic oxidation sites excluding steroid dienone is 8. The van der Waals surface area contributed by atoms with Gasteiger partial charge in [0.25, 0.3) is 0 Å². The second kappa shape index (κ2) is 3.58. The molecule has 2 N–H and O–H groups in total. The first-order valence-electron chi connectivity index (χ1n) is 4.54. The van der Waals surface area contributed by atoms with Crippen molar-refractivity contribution in [3.05, 3.63) is 59.8 Å². The van der Waals surface area contributed by atoms with Gasteiger partial charge in [0.15, 0.2) is 0 Å². The highest BCUT2D eigenvalue weighted by Crippen LogP contribution is 2.27. The molecule has 2 rings (SSSR count). The van der Waals surface area contributed by atoms with Gasteiger partial charge in [0, 0.05) is 12.5 Å². The van der Waals surface area contributed by atoms with Crippen molar-refractivity contribution in [3.63, 3.8) is 0 Å². The van der Waals surface area contributed by atoms with Gasteiger partial charge in [-0.15, -0.1) is 0 Å². The van der Waals surface area contributed by atoms with Crippen molar-refractivity contribution in [2.24, 2.45) is 11.7 Å². The van der Waals surface area contributed by atoms with Crippen LogP contribution in [0.4, 0.5) is 0 Å². The van der Waals surface area contributed by atoms with Crippen LogP contribution in [0.5, 0.6) is 0 Å². The van der Waals surface area contributed by atoms with E-state index >= 15 is 0 Å². The van der Waals surface area contributed by atoms with Gasteiger partial charge in [-0.25, -0.2) is 0 Å². The molecular weight excluding hydrogens is 158 g/mol. The number of hydrogen-bond acceptors (Lipinski definition) is 1. The summed E-state index contributed by atoms with van der Waals surface area (Å²) in [4.78, 5) is 0. The van der Waals surface area contributed by atoms with Gasteiger partial charge in [0.2, 0.25) is 0 Å². The maximum Gasteiger partial charge on any atom is 0.0208 e. The van der Waals surface area contributed by atoms with E-state index in [4.69, 9.17) is 5.73 Å². The second-order valence-electron chi connectivity index (χ2n) is 3.20. The summed E-state index contributed by atoms with van der Waals surface area (Å²) >= 11 is 0. The Kier molecular flexibility index (Phi) is 2.28. The second-order valence-corrected chi connectivity index (χ2v) is 3.20. The number of rotatable bonds is 1. The summed E-state index contributed by atoms with van der Waals surface area (Å²) in [5.41, 5.74) is 8.24. The van der Waals surface area contributed by atoms with Crippen molar-refractivity contribution < 1.29 is 0 Å².